The SMILES string of the molecule is Cc1nc(N(c2ccccc2)c2ccccc2)sc1C(=O)O. The highest BCUT2D eigenvalue weighted by Crippen LogP contribution is 2.37. The standard InChI is InChI=1S/C17H14N2O2S/c1-12-15(16(20)21)22-17(18-12)19(13-8-4-2-5-9-13)14-10-6-3-7-11-14/h2-11H,1H3,(H,20,21). The Bertz CT molecular complexity index is 745. The highest BCUT2D eigenvalue weighted by molar-refractivity contribution is 7.17. The minimum atomic E-state index is -0.942. The van der Waals surface area contributed by atoms with E-state index in [1.165, 1.54) is 11.3 Å². The number of thiazole rings is 1. The number of benzene rings is 2. The molecule has 0 saturated carbocycles. The Morgan fingerprint density at radius 3 is 1.91 bits per heavy atom. The lowest BCUT2D eigenvalue weighted by molar-refractivity contribution is 0.0701. The summed E-state index contributed by atoms with van der Waals surface area (Å²) in [6.07, 6.45) is 0. The number of carboxylic acid groups (broad SMARTS) is 1. The van der Waals surface area contributed by atoms with Crippen LogP contribution in [0.25, 0.3) is 0 Å². The van der Waals surface area contributed by atoms with E-state index >= 15 is 0 Å². The van der Waals surface area contributed by atoms with E-state index in [1.807, 2.05) is 65.6 Å². The van der Waals surface area contributed by atoms with Crippen molar-refractivity contribution in [2.24, 2.45) is 0 Å². The Morgan fingerprint density at radius 1 is 1.00 bits per heavy atom. The molecule has 3 rings (SSSR count). The van der Waals surface area contributed by atoms with Gasteiger partial charge in [0.2, 0.25) is 0 Å². The summed E-state index contributed by atoms with van der Waals surface area (Å²) in [5, 5.41) is 9.90. The predicted molar refractivity (Wildman–Crippen MR) is 88.5 cm³/mol. The molecule has 5 heteroatoms. The van der Waals surface area contributed by atoms with Gasteiger partial charge in [0.05, 0.1) is 5.69 Å². The number of nitrogens with zero attached hydrogens (tertiary/aromatic N) is 2. The molecule has 22 heavy (non-hydrogen) atoms. The van der Waals surface area contributed by atoms with Gasteiger partial charge in [-0.25, -0.2) is 9.78 Å². The summed E-state index contributed by atoms with van der Waals surface area (Å²) in [5.41, 5.74) is 2.42. The first-order chi connectivity index (χ1) is 10.7. The van der Waals surface area contributed by atoms with Gasteiger partial charge in [-0.1, -0.05) is 47.7 Å². The first kappa shape index (κ1) is 14.3. The van der Waals surface area contributed by atoms with Gasteiger partial charge in [-0.15, -0.1) is 0 Å². The van der Waals surface area contributed by atoms with Crippen molar-refractivity contribution in [1.29, 1.82) is 0 Å². The van der Waals surface area contributed by atoms with E-state index in [0.29, 0.717) is 10.8 Å². The Balaban J connectivity index is 2.14. The summed E-state index contributed by atoms with van der Waals surface area (Å²) in [4.78, 5) is 18.0. The minimum absolute atomic E-state index is 0.270. The second-order valence-electron chi connectivity index (χ2n) is 4.72. The molecular formula is C17H14N2O2S. The van der Waals surface area contributed by atoms with Gasteiger partial charge in [-0.05, 0) is 31.2 Å². The first-order valence-electron chi connectivity index (χ1n) is 6.78. The molecule has 0 bridgehead atoms. The topological polar surface area (TPSA) is 53.4 Å². The smallest absolute Gasteiger partial charge is 0.347 e. The summed E-state index contributed by atoms with van der Waals surface area (Å²) in [6.45, 7) is 1.72. The van der Waals surface area contributed by atoms with Crippen LogP contribution >= 0.6 is 11.3 Å². The van der Waals surface area contributed by atoms with Crippen molar-refractivity contribution in [3.05, 3.63) is 71.2 Å². The Kier molecular flexibility index (Phi) is 3.89. The molecule has 1 N–H and O–H groups in total. The van der Waals surface area contributed by atoms with Crippen molar-refractivity contribution in [3.63, 3.8) is 0 Å². The fraction of sp³-hybridized carbons (Fsp3) is 0.0588. The van der Waals surface area contributed by atoms with Crippen LogP contribution in [0.2, 0.25) is 0 Å². The number of carbonyl (C=O) groups is 1. The molecule has 0 aliphatic heterocycles. The van der Waals surface area contributed by atoms with Gasteiger partial charge in [0.25, 0.3) is 0 Å². The maximum atomic E-state index is 11.3. The molecule has 0 aliphatic carbocycles. The molecule has 1 aromatic heterocycles. The van der Waals surface area contributed by atoms with Crippen LogP contribution in [0.3, 0.4) is 0 Å². The molecule has 0 atom stereocenters. The van der Waals surface area contributed by atoms with Gasteiger partial charge in [0, 0.05) is 11.4 Å². The van der Waals surface area contributed by atoms with E-state index in [9.17, 15) is 9.90 Å². The quantitative estimate of drug-likeness (QED) is 0.764. The molecule has 4 nitrogen and oxygen atoms in total. The van der Waals surface area contributed by atoms with Crippen LogP contribution in [-0.4, -0.2) is 16.1 Å². The van der Waals surface area contributed by atoms with Crippen molar-refractivity contribution >= 4 is 33.8 Å². The number of aromatic nitrogens is 1. The van der Waals surface area contributed by atoms with E-state index < -0.39 is 5.97 Å². The highest BCUT2D eigenvalue weighted by Gasteiger charge is 2.20. The molecule has 1 heterocycles. The van der Waals surface area contributed by atoms with Crippen LogP contribution in [0.15, 0.2) is 60.7 Å². The van der Waals surface area contributed by atoms with Crippen LogP contribution in [0.5, 0.6) is 0 Å². The van der Waals surface area contributed by atoms with E-state index in [4.69, 9.17) is 0 Å². The zero-order valence-electron chi connectivity index (χ0n) is 11.9. The molecule has 0 unspecified atom stereocenters. The lowest BCUT2D eigenvalue weighted by atomic mass is 10.2. The van der Waals surface area contributed by atoms with Gasteiger partial charge in [-0.2, -0.15) is 0 Å². The minimum Gasteiger partial charge on any atom is -0.477 e. The lowest BCUT2D eigenvalue weighted by Crippen LogP contribution is -2.09. The van der Waals surface area contributed by atoms with Crippen molar-refractivity contribution in [2.75, 3.05) is 4.90 Å². The number of carboxylic acids is 1. The summed E-state index contributed by atoms with van der Waals surface area (Å²) in [5.74, 6) is -0.942. The summed E-state index contributed by atoms with van der Waals surface area (Å²) < 4.78 is 0. The first-order valence-corrected chi connectivity index (χ1v) is 7.59. The number of hydrogen-bond acceptors (Lipinski definition) is 4. The van der Waals surface area contributed by atoms with Gasteiger partial charge < -0.3 is 5.11 Å². The molecule has 0 saturated heterocycles. The Labute approximate surface area is 132 Å². The molecule has 2 aromatic carbocycles. The van der Waals surface area contributed by atoms with Crippen molar-refractivity contribution in [3.8, 4) is 0 Å². The molecule has 0 aliphatic rings. The maximum Gasteiger partial charge on any atom is 0.347 e. The zero-order valence-corrected chi connectivity index (χ0v) is 12.7. The fourth-order valence-corrected chi connectivity index (χ4v) is 3.15. The molecule has 0 spiro atoms. The molecule has 0 radical (unpaired) electrons. The second-order valence-corrected chi connectivity index (χ2v) is 5.70. The monoisotopic (exact) mass is 310 g/mol. The van der Waals surface area contributed by atoms with Gasteiger partial charge >= 0.3 is 5.97 Å². The average molecular weight is 310 g/mol. The van der Waals surface area contributed by atoms with Crippen LogP contribution in [0, 0.1) is 6.92 Å². The third-order valence-corrected chi connectivity index (χ3v) is 4.33. The number of hydrogen-bond donors (Lipinski definition) is 1. The lowest BCUT2D eigenvalue weighted by Gasteiger charge is -2.22. The van der Waals surface area contributed by atoms with E-state index in [0.717, 1.165) is 11.4 Å². The van der Waals surface area contributed by atoms with E-state index in [-0.39, 0.29) is 4.88 Å². The van der Waals surface area contributed by atoms with Crippen molar-refractivity contribution < 1.29 is 9.90 Å². The van der Waals surface area contributed by atoms with Crippen LogP contribution < -0.4 is 4.90 Å². The number of para-hydroxylation sites is 2. The fourth-order valence-electron chi connectivity index (χ4n) is 2.20. The number of anilines is 3. The van der Waals surface area contributed by atoms with Gasteiger partial charge in [-0.3, -0.25) is 4.90 Å². The second kappa shape index (κ2) is 5.99. The largest absolute Gasteiger partial charge is 0.477 e. The van der Waals surface area contributed by atoms with Crippen molar-refractivity contribution in [1.82, 2.24) is 4.98 Å². The normalized spacial score (nSPS) is 10.4. The highest BCUT2D eigenvalue weighted by atomic mass is 32.1. The number of aryl methyl sites for hydroxylation is 1. The Hall–Kier alpha value is -2.66. The number of rotatable bonds is 4. The molecular weight excluding hydrogens is 296 g/mol. The van der Waals surface area contributed by atoms with Gasteiger partial charge in [0.15, 0.2) is 5.13 Å². The Morgan fingerprint density at radius 2 is 1.50 bits per heavy atom. The third kappa shape index (κ3) is 2.71. The molecule has 3 aromatic rings. The summed E-state index contributed by atoms with van der Waals surface area (Å²) in [7, 11) is 0. The third-order valence-electron chi connectivity index (χ3n) is 3.20. The maximum absolute atomic E-state index is 11.3. The molecule has 0 amide bonds. The van der Waals surface area contributed by atoms with Crippen LogP contribution in [-0.2, 0) is 0 Å². The van der Waals surface area contributed by atoms with E-state index in [1.54, 1.807) is 6.92 Å². The summed E-state index contributed by atoms with van der Waals surface area (Å²) in [6, 6.07) is 19.6. The van der Waals surface area contributed by atoms with Gasteiger partial charge in [0.1, 0.15) is 4.88 Å². The van der Waals surface area contributed by atoms with Crippen LogP contribution in [0.1, 0.15) is 15.4 Å². The summed E-state index contributed by atoms with van der Waals surface area (Å²) >= 11 is 1.18. The van der Waals surface area contributed by atoms with Crippen LogP contribution in [0.4, 0.5) is 16.5 Å². The number of aromatic carboxylic acids is 1. The van der Waals surface area contributed by atoms with Crippen molar-refractivity contribution in [2.45, 2.75) is 6.92 Å². The zero-order chi connectivity index (χ0) is 15.5. The molecule has 110 valence electrons. The molecule has 0 fully saturated rings. The van der Waals surface area contributed by atoms with E-state index in [2.05, 4.69) is 4.98 Å². The predicted octanol–water partition coefficient (Wildman–Crippen LogP) is 4.62. The average Bonchev–Trinajstić information content (AvgIpc) is 2.91.